The van der Waals surface area contributed by atoms with Crippen LogP contribution in [0.15, 0.2) is 30.5 Å². The van der Waals surface area contributed by atoms with Gasteiger partial charge in [-0.3, -0.25) is 0 Å². The highest BCUT2D eigenvalue weighted by Gasteiger charge is 2.05. The van der Waals surface area contributed by atoms with E-state index in [9.17, 15) is 4.79 Å². The van der Waals surface area contributed by atoms with Crippen molar-refractivity contribution in [2.45, 2.75) is 0 Å². The van der Waals surface area contributed by atoms with Crippen molar-refractivity contribution in [3.8, 4) is 11.3 Å². The number of rotatable bonds is 2. The molecule has 1 heterocycles. The smallest absolute Gasteiger partial charge is 0.335 e. The summed E-state index contributed by atoms with van der Waals surface area (Å²) in [5.74, 6) is -0.939. The number of imidazole rings is 1. The quantitative estimate of drug-likeness (QED) is 0.681. The summed E-state index contributed by atoms with van der Waals surface area (Å²) in [5.41, 5.74) is 1.83. The van der Waals surface area contributed by atoms with Crippen molar-refractivity contribution in [1.29, 1.82) is 0 Å². The average molecular weight is 220 g/mol. The number of carboxylic acids is 1. The molecule has 0 aliphatic heterocycles. The third-order valence-electron chi connectivity index (χ3n) is 2.02. The Kier molecular flexibility index (Phi) is 2.39. The number of aromatic nitrogens is 2. The molecule has 0 aliphatic rings. The maximum atomic E-state index is 10.8. The molecule has 0 unspecified atom stereocenters. The van der Waals surface area contributed by atoms with Crippen LogP contribution < -0.4 is 0 Å². The Balaban J connectivity index is 2.49. The van der Waals surface area contributed by atoms with Crippen LogP contribution >= 0.6 is 12.2 Å². The maximum absolute atomic E-state index is 10.8. The molecule has 0 radical (unpaired) electrons. The first kappa shape index (κ1) is 9.67. The van der Waals surface area contributed by atoms with Gasteiger partial charge in [0, 0.05) is 11.8 Å². The molecule has 0 aliphatic carbocycles. The average Bonchev–Trinajstić information content (AvgIpc) is 2.65. The highest BCUT2D eigenvalue weighted by molar-refractivity contribution is 7.71. The van der Waals surface area contributed by atoms with Gasteiger partial charge in [0.05, 0.1) is 11.3 Å². The van der Waals surface area contributed by atoms with Gasteiger partial charge in [-0.25, -0.2) is 4.79 Å². The van der Waals surface area contributed by atoms with Gasteiger partial charge in [0.1, 0.15) is 0 Å². The van der Waals surface area contributed by atoms with E-state index in [0.717, 1.165) is 11.3 Å². The molecule has 0 amide bonds. The Bertz CT molecular complexity index is 556. The van der Waals surface area contributed by atoms with Crippen LogP contribution in [-0.2, 0) is 0 Å². The van der Waals surface area contributed by atoms with Gasteiger partial charge in [-0.1, -0.05) is 12.1 Å². The molecule has 0 spiro atoms. The number of hydrogen-bond donors (Lipinski definition) is 3. The van der Waals surface area contributed by atoms with E-state index in [4.69, 9.17) is 17.3 Å². The Morgan fingerprint density at radius 3 is 2.80 bits per heavy atom. The number of aromatic carboxylic acids is 1. The summed E-state index contributed by atoms with van der Waals surface area (Å²) < 4.78 is 0.519. The Morgan fingerprint density at radius 2 is 2.20 bits per heavy atom. The fourth-order valence-electron chi connectivity index (χ4n) is 1.31. The molecule has 0 atom stereocenters. The largest absolute Gasteiger partial charge is 0.478 e. The minimum atomic E-state index is -0.939. The molecular weight excluding hydrogens is 212 g/mol. The predicted octanol–water partition coefficient (Wildman–Crippen LogP) is 2.44. The number of H-pyrrole nitrogens is 2. The van der Waals surface area contributed by atoms with E-state index < -0.39 is 5.97 Å². The van der Waals surface area contributed by atoms with E-state index >= 15 is 0 Å². The fourth-order valence-corrected chi connectivity index (χ4v) is 1.48. The van der Waals surface area contributed by atoms with Gasteiger partial charge in [0.25, 0.3) is 0 Å². The summed E-state index contributed by atoms with van der Waals surface area (Å²) in [6, 6.07) is 6.66. The molecule has 1 aromatic heterocycles. The number of carboxylic acid groups (broad SMARTS) is 1. The second-order valence-electron chi connectivity index (χ2n) is 3.04. The van der Waals surface area contributed by atoms with Gasteiger partial charge in [-0.2, -0.15) is 0 Å². The highest BCUT2D eigenvalue weighted by Crippen LogP contribution is 2.17. The zero-order valence-corrected chi connectivity index (χ0v) is 8.47. The van der Waals surface area contributed by atoms with Crippen molar-refractivity contribution in [1.82, 2.24) is 9.97 Å². The standard InChI is InChI=1S/C10H8N2O2S/c13-9(14)7-3-1-2-6(4-7)8-5-11-10(15)12-8/h1-5H,(H,13,14)(H2,11,12,15). The molecule has 0 bridgehead atoms. The number of nitrogens with one attached hydrogen (secondary N) is 2. The first-order chi connectivity index (χ1) is 7.16. The third-order valence-corrected chi connectivity index (χ3v) is 2.24. The van der Waals surface area contributed by atoms with E-state index in [1.165, 1.54) is 0 Å². The van der Waals surface area contributed by atoms with E-state index in [1.807, 2.05) is 6.07 Å². The lowest BCUT2D eigenvalue weighted by molar-refractivity contribution is 0.0697. The molecule has 1 aromatic carbocycles. The predicted molar refractivity (Wildman–Crippen MR) is 58.4 cm³/mol. The second kappa shape index (κ2) is 3.70. The van der Waals surface area contributed by atoms with Gasteiger partial charge in [0.2, 0.25) is 0 Å². The van der Waals surface area contributed by atoms with Crippen LogP contribution in [0.2, 0.25) is 0 Å². The number of hydrogen-bond acceptors (Lipinski definition) is 2. The third kappa shape index (κ3) is 1.97. The molecule has 3 N–H and O–H groups in total. The van der Waals surface area contributed by atoms with Crippen LogP contribution in [0.1, 0.15) is 10.4 Å². The fraction of sp³-hybridized carbons (Fsp3) is 0. The first-order valence-electron chi connectivity index (χ1n) is 4.28. The highest BCUT2D eigenvalue weighted by atomic mass is 32.1. The van der Waals surface area contributed by atoms with Crippen molar-refractivity contribution in [3.05, 3.63) is 40.8 Å². The van der Waals surface area contributed by atoms with Gasteiger partial charge >= 0.3 is 5.97 Å². The zero-order valence-electron chi connectivity index (χ0n) is 7.65. The molecule has 15 heavy (non-hydrogen) atoms. The molecule has 5 heteroatoms. The molecule has 0 saturated heterocycles. The van der Waals surface area contributed by atoms with E-state index in [0.29, 0.717) is 4.77 Å². The maximum Gasteiger partial charge on any atom is 0.335 e. The van der Waals surface area contributed by atoms with Crippen LogP contribution in [0.25, 0.3) is 11.3 Å². The van der Waals surface area contributed by atoms with E-state index in [-0.39, 0.29) is 5.56 Å². The normalized spacial score (nSPS) is 10.1. The van der Waals surface area contributed by atoms with Crippen LogP contribution in [0.4, 0.5) is 0 Å². The minimum Gasteiger partial charge on any atom is -0.478 e. The molecule has 76 valence electrons. The molecule has 0 saturated carbocycles. The summed E-state index contributed by atoms with van der Waals surface area (Å²) in [7, 11) is 0. The summed E-state index contributed by atoms with van der Waals surface area (Å²) in [6.45, 7) is 0. The van der Waals surface area contributed by atoms with Crippen molar-refractivity contribution in [2.75, 3.05) is 0 Å². The van der Waals surface area contributed by atoms with Crippen LogP contribution in [0, 0.1) is 4.77 Å². The van der Waals surface area contributed by atoms with Gasteiger partial charge < -0.3 is 15.1 Å². The van der Waals surface area contributed by atoms with E-state index in [1.54, 1.807) is 24.4 Å². The monoisotopic (exact) mass is 220 g/mol. The topological polar surface area (TPSA) is 68.9 Å². The van der Waals surface area contributed by atoms with Crippen LogP contribution in [-0.4, -0.2) is 21.0 Å². The van der Waals surface area contributed by atoms with Crippen molar-refractivity contribution in [3.63, 3.8) is 0 Å². The van der Waals surface area contributed by atoms with Gasteiger partial charge in [0.15, 0.2) is 4.77 Å². The minimum absolute atomic E-state index is 0.257. The number of carbonyl (C=O) groups is 1. The lowest BCUT2D eigenvalue weighted by Gasteiger charge is -1.98. The molecule has 4 nitrogen and oxygen atoms in total. The summed E-state index contributed by atoms with van der Waals surface area (Å²) in [5, 5.41) is 8.82. The van der Waals surface area contributed by atoms with Crippen LogP contribution in [0.3, 0.4) is 0 Å². The summed E-state index contributed by atoms with van der Waals surface area (Å²) in [6.07, 6.45) is 1.71. The number of benzene rings is 1. The van der Waals surface area contributed by atoms with E-state index in [2.05, 4.69) is 9.97 Å². The number of aromatic amines is 2. The summed E-state index contributed by atoms with van der Waals surface area (Å²) >= 11 is 4.89. The second-order valence-corrected chi connectivity index (χ2v) is 3.45. The van der Waals surface area contributed by atoms with Crippen molar-refractivity contribution < 1.29 is 9.90 Å². The molecule has 2 aromatic rings. The lowest BCUT2D eigenvalue weighted by atomic mass is 10.1. The van der Waals surface area contributed by atoms with Gasteiger partial charge in [-0.15, -0.1) is 0 Å². The Labute approximate surface area is 90.6 Å². The lowest BCUT2D eigenvalue weighted by Crippen LogP contribution is -1.95. The molecule has 0 fully saturated rings. The zero-order chi connectivity index (χ0) is 10.8. The van der Waals surface area contributed by atoms with Gasteiger partial charge in [-0.05, 0) is 24.4 Å². The summed E-state index contributed by atoms with van der Waals surface area (Å²) in [4.78, 5) is 16.5. The Morgan fingerprint density at radius 1 is 1.40 bits per heavy atom. The Hall–Kier alpha value is -1.88. The molecule has 2 rings (SSSR count). The SMILES string of the molecule is O=C(O)c1cccc(-c2c[nH]c(=S)[nH]2)c1. The van der Waals surface area contributed by atoms with Crippen LogP contribution in [0.5, 0.6) is 0 Å². The first-order valence-corrected chi connectivity index (χ1v) is 4.69. The molecular formula is C10H8N2O2S. The van der Waals surface area contributed by atoms with Crippen molar-refractivity contribution >= 4 is 18.2 Å². The van der Waals surface area contributed by atoms with Crippen molar-refractivity contribution in [2.24, 2.45) is 0 Å².